The molecule has 138 valence electrons. The Morgan fingerprint density at radius 3 is 2.59 bits per heavy atom. The molecule has 0 bridgehead atoms. The van der Waals surface area contributed by atoms with E-state index >= 15 is 0 Å². The van der Waals surface area contributed by atoms with Gasteiger partial charge in [0.05, 0.1) is 34.6 Å². The Bertz CT molecular complexity index is 1080. The van der Waals surface area contributed by atoms with Crippen LogP contribution in [0.1, 0.15) is 21.6 Å². The van der Waals surface area contributed by atoms with E-state index in [-0.39, 0.29) is 11.1 Å². The molecule has 0 saturated heterocycles. The van der Waals surface area contributed by atoms with Crippen LogP contribution in [0.25, 0.3) is 5.69 Å². The van der Waals surface area contributed by atoms with Gasteiger partial charge in [0, 0.05) is 18.0 Å². The Balaban J connectivity index is 1.94. The lowest BCUT2D eigenvalue weighted by Crippen LogP contribution is -2.17. The summed E-state index contributed by atoms with van der Waals surface area (Å²) >= 11 is 6.03. The molecule has 2 aromatic carbocycles. The zero-order valence-corrected chi connectivity index (χ0v) is 15.3. The van der Waals surface area contributed by atoms with E-state index < -0.39 is 5.97 Å². The second kappa shape index (κ2) is 7.51. The largest absolute Gasteiger partial charge is 0.495 e. The standard InChI is InChI=1S/C19H16ClN3O4/c1-11-15(10-21-13-5-3-12(4-6-13)19(25)26)18(24)23(22-11)14-7-8-16(20)17(9-14)27-2/h3-10,22H,1-2H3,(H,25,26). The first-order valence-electron chi connectivity index (χ1n) is 7.93. The van der Waals surface area contributed by atoms with E-state index in [4.69, 9.17) is 21.4 Å². The highest BCUT2D eigenvalue weighted by Crippen LogP contribution is 2.26. The molecule has 0 aliphatic carbocycles. The Morgan fingerprint density at radius 2 is 1.96 bits per heavy atom. The van der Waals surface area contributed by atoms with Crippen molar-refractivity contribution in [2.45, 2.75) is 6.92 Å². The van der Waals surface area contributed by atoms with Crippen LogP contribution in [0.4, 0.5) is 5.69 Å². The number of H-pyrrole nitrogens is 1. The topological polar surface area (TPSA) is 96.7 Å². The van der Waals surface area contributed by atoms with Crippen molar-refractivity contribution in [3.05, 3.63) is 74.7 Å². The normalized spacial score (nSPS) is 11.1. The first-order chi connectivity index (χ1) is 12.9. The first kappa shape index (κ1) is 18.5. The summed E-state index contributed by atoms with van der Waals surface area (Å²) in [5, 5.41) is 12.4. The van der Waals surface area contributed by atoms with Gasteiger partial charge in [0.2, 0.25) is 0 Å². The molecular formula is C19H16ClN3O4. The van der Waals surface area contributed by atoms with Gasteiger partial charge < -0.3 is 9.84 Å². The predicted octanol–water partition coefficient (Wildman–Crippen LogP) is 3.58. The minimum absolute atomic E-state index is 0.172. The highest BCUT2D eigenvalue weighted by molar-refractivity contribution is 6.32. The third-order valence-corrected chi connectivity index (χ3v) is 4.28. The highest BCUT2D eigenvalue weighted by Gasteiger charge is 2.12. The van der Waals surface area contributed by atoms with E-state index in [1.807, 2.05) is 0 Å². The van der Waals surface area contributed by atoms with Crippen LogP contribution in [-0.4, -0.2) is 34.2 Å². The number of aromatic carboxylic acids is 1. The van der Waals surface area contributed by atoms with Gasteiger partial charge in [0.1, 0.15) is 5.75 Å². The van der Waals surface area contributed by atoms with Gasteiger partial charge >= 0.3 is 5.97 Å². The minimum Gasteiger partial charge on any atom is -0.495 e. The van der Waals surface area contributed by atoms with Crippen LogP contribution >= 0.6 is 11.6 Å². The second-order valence-corrected chi connectivity index (χ2v) is 6.13. The zero-order valence-electron chi connectivity index (χ0n) is 14.6. The van der Waals surface area contributed by atoms with Crippen molar-refractivity contribution >= 4 is 29.5 Å². The average Bonchev–Trinajstić information content (AvgIpc) is 2.94. The van der Waals surface area contributed by atoms with E-state index in [1.54, 1.807) is 37.3 Å². The summed E-state index contributed by atoms with van der Waals surface area (Å²) in [6.07, 6.45) is 1.45. The zero-order chi connectivity index (χ0) is 19.6. The number of methoxy groups -OCH3 is 1. The van der Waals surface area contributed by atoms with Crippen molar-refractivity contribution in [3.63, 3.8) is 0 Å². The predicted molar refractivity (Wildman–Crippen MR) is 103 cm³/mol. The smallest absolute Gasteiger partial charge is 0.335 e. The quantitative estimate of drug-likeness (QED) is 0.656. The maximum Gasteiger partial charge on any atom is 0.335 e. The van der Waals surface area contributed by atoms with Crippen molar-refractivity contribution < 1.29 is 14.6 Å². The molecule has 1 aromatic heterocycles. The number of aromatic amines is 1. The van der Waals surface area contributed by atoms with Crippen LogP contribution in [0.3, 0.4) is 0 Å². The number of hydrogen-bond donors (Lipinski definition) is 2. The molecule has 1 heterocycles. The lowest BCUT2D eigenvalue weighted by molar-refractivity contribution is 0.0697. The fraction of sp³-hybridized carbons (Fsp3) is 0.105. The maximum atomic E-state index is 12.7. The molecule has 7 nitrogen and oxygen atoms in total. The maximum absolute atomic E-state index is 12.7. The second-order valence-electron chi connectivity index (χ2n) is 5.72. The number of aromatic nitrogens is 2. The Morgan fingerprint density at radius 1 is 1.26 bits per heavy atom. The van der Waals surface area contributed by atoms with Crippen LogP contribution < -0.4 is 10.3 Å². The van der Waals surface area contributed by atoms with Gasteiger partial charge in [-0.2, -0.15) is 0 Å². The lowest BCUT2D eigenvalue weighted by atomic mass is 10.2. The Kier molecular flexibility index (Phi) is 5.14. The first-order valence-corrected chi connectivity index (χ1v) is 8.31. The number of aryl methyl sites for hydroxylation is 1. The molecule has 0 radical (unpaired) electrons. The molecule has 0 amide bonds. The minimum atomic E-state index is -1.01. The Hall–Kier alpha value is -3.32. The van der Waals surface area contributed by atoms with Crippen LogP contribution in [-0.2, 0) is 0 Å². The van der Waals surface area contributed by atoms with Crippen molar-refractivity contribution in [2.24, 2.45) is 4.99 Å². The molecule has 27 heavy (non-hydrogen) atoms. The summed E-state index contributed by atoms with van der Waals surface area (Å²) in [7, 11) is 1.50. The third-order valence-electron chi connectivity index (χ3n) is 3.97. The summed E-state index contributed by atoms with van der Waals surface area (Å²) in [6.45, 7) is 1.76. The molecule has 0 saturated carbocycles. The highest BCUT2D eigenvalue weighted by atomic mass is 35.5. The number of benzene rings is 2. The van der Waals surface area contributed by atoms with Crippen LogP contribution in [0.5, 0.6) is 5.75 Å². The molecule has 0 unspecified atom stereocenters. The van der Waals surface area contributed by atoms with E-state index in [0.29, 0.717) is 33.4 Å². The number of carboxylic acid groups (broad SMARTS) is 1. The van der Waals surface area contributed by atoms with Gasteiger partial charge in [-0.25, -0.2) is 9.48 Å². The van der Waals surface area contributed by atoms with Gasteiger partial charge in [-0.3, -0.25) is 14.9 Å². The van der Waals surface area contributed by atoms with Crippen LogP contribution in [0.2, 0.25) is 5.02 Å². The summed E-state index contributed by atoms with van der Waals surface area (Å²) in [5.41, 5.74) is 2.05. The number of halogens is 1. The molecule has 0 spiro atoms. The van der Waals surface area contributed by atoms with Crippen molar-refractivity contribution in [3.8, 4) is 11.4 Å². The number of carboxylic acids is 1. The number of hydrogen-bond acceptors (Lipinski definition) is 4. The number of rotatable bonds is 5. The summed E-state index contributed by atoms with van der Waals surface area (Å²) < 4.78 is 6.56. The molecule has 0 aliphatic rings. The molecule has 0 aliphatic heterocycles. The number of ether oxygens (including phenoxy) is 1. The van der Waals surface area contributed by atoms with Gasteiger partial charge in [0.25, 0.3) is 5.56 Å². The van der Waals surface area contributed by atoms with Crippen molar-refractivity contribution in [2.75, 3.05) is 7.11 Å². The SMILES string of the molecule is COc1cc(-n2[nH]c(C)c(C=Nc3ccc(C(=O)O)cc3)c2=O)ccc1Cl. The van der Waals surface area contributed by atoms with Gasteiger partial charge in [-0.15, -0.1) is 0 Å². The van der Waals surface area contributed by atoms with Crippen LogP contribution in [0, 0.1) is 6.92 Å². The van der Waals surface area contributed by atoms with Gasteiger partial charge in [-0.1, -0.05) is 11.6 Å². The number of nitrogens with one attached hydrogen (secondary N) is 1. The molecule has 2 N–H and O–H groups in total. The molecule has 3 aromatic rings. The van der Waals surface area contributed by atoms with Crippen LogP contribution in [0.15, 0.2) is 52.3 Å². The Labute approximate surface area is 159 Å². The molecule has 8 heteroatoms. The fourth-order valence-corrected chi connectivity index (χ4v) is 2.70. The van der Waals surface area contributed by atoms with Gasteiger partial charge in [-0.05, 0) is 43.3 Å². The third kappa shape index (κ3) is 3.78. The summed E-state index contributed by atoms with van der Waals surface area (Å²) in [6, 6.07) is 11.1. The lowest BCUT2D eigenvalue weighted by Gasteiger charge is -2.06. The van der Waals surface area contributed by atoms with Gasteiger partial charge in [0.15, 0.2) is 0 Å². The average molecular weight is 386 g/mol. The van der Waals surface area contributed by atoms with Crippen molar-refractivity contribution in [1.82, 2.24) is 9.78 Å². The molecule has 0 fully saturated rings. The molecular weight excluding hydrogens is 370 g/mol. The van der Waals surface area contributed by atoms with E-state index in [0.717, 1.165) is 0 Å². The monoisotopic (exact) mass is 385 g/mol. The summed E-state index contributed by atoms with van der Waals surface area (Å²) in [5.74, 6) is -0.546. The van der Waals surface area contributed by atoms with Crippen molar-refractivity contribution in [1.29, 1.82) is 0 Å². The molecule has 0 atom stereocenters. The number of aliphatic imine (C=N–C) groups is 1. The van der Waals surface area contributed by atoms with E-state index in [2.05, 4.69) is 10.1 Å². The number of nitrogens with zero attached hydrogens (tertiary/aromatic N) is 2. The van der Waals surface area contributed by atoms with E-state index in [9.17, 15) is 9.59 Å². The molecule has 3 rings (SSSR count). The number of carbonyl (C=O) groups is 1. The summed E-state index contributed by atoms with van der Waals surface area (Å²) in [4.78, 5) is 27.9. The fourth-order valence-electron chi connectivity index (χ4n) is 2.51. The van der Waals surface area contributed by atoms with E-state index in [1.165, 1.54) is 30.1 Å².